The molecule has 1 fully saturated rings. The molecule has 0 unspecified atom stereocenters. The highest BCUT2D eigenvalue weighted by Crippen LogP contribution is 1.82. The van der Waals surface area contributed by atoms with Crippen LogP contribution >= 0.6 is 0 Å². The van der Waals surface area contributed by atoms with E-state index in [4.69, 9.17) is 9.84 Å². The second-order valence-corrected chi connectivity index (χ2v) is 3.11. The summed E-state index contributed by atoms with van der Waals surface area (Å²) in [7, 11) is 0. The maximum absolute atomic E-state index is 8.46. The topological polar surface area (TPSA) is 44.7 Å². The van der Waals surface area contributed by atoms with E-state index in [2.05, 4.69) is 24.1 Å². The lowest BCUT2D eigenvalue weighted by atomic mass is 10.5. The fourth-order valence-electron chi connectivity index (χ4n) is 1.20. The fraction of sp³-hybridized carbons (Fsp3) is 1.00. The Morgan fingerprint density at radius 1 is 1.21 bits per heavy atom. The van der Waals surface area contributed by atoms with E-state index in [1.807, 2.05) is 0 Å². The van der Waals surface area contributed by atoms with Crippen LogP contribution < -0.4 is 5.32 Å². The van der Waals surface area contributed by atoms with E-state index in [0.29, 0.717) is 0 Å². The van der Waals surface area contributed by atoms with E-state index in [1.54, 1.807) is 0 Å². The van der Waals surface area contributed by atoms with E-state index >= 15 is 0 Å². The second-order valence-electron chi connectivity index (χ2n) is 3.11. The normalized spacial score (nSPS) is 16.3. The van der Waals surface area contributed by atoms with Crippen LogP contribution in [0.1, 0.15) is 13.8 Å². The van der Waals surface area contributed by atoms with Gasteiger partial charge in [-0.15, -0.1) is 0 Å². The Bertz CT molecular complexity index is 92.8. The molecule has 1 heterocycles. The number of likely N-dealkylation sites (N-methyl/N-ethyl adjacent to an activating group) is 1. The van der Waals surface area contributed by atoms with Crippen molar-refractivity contribution in [3.05, 3.63) is 0 Å². The molecule has 0 bridgehead atoms. The first-order valence-corrected chi connectivity index (χ1v) is 5.46. The first kappa shape index (κ1) is 13.8. The largest absolute Gasteiger partial charge is 0.395 e. The van der Waals surface area contributed by atoms with Crippen LogP contribution in [-0.2, 0) is 4.74 Å². The predicted octanol–water partition coefficient (Wildman–Crippen LogP) is -0.0733. The lowest BCUT2D eigenvalue weighted by molar-refractivity contribution is 0.109. The van der Waals surface area contributed by atoms with Crippen LogP contribution in [0, 0.1) is 0 Å². The molecule has 14 heavy (non-hydrogen) atoms. The van der Waals surface area contributed by atoms with Crippen molar-refractivity contribution in [2.45, 2.75) is 13.8 Å². The van der Waals surface area contributed by atoms with Gasteiger partial charge in [0.15, 0.2) is 0 Å². The van der Waals surface area contributed by atoms with Crippen LogP contribution in [-0.4, -0.2) is 62.6 Å². The zero-order valence-corrected chi connectivity index (χ0v) is 9.46. The Hall–Kier alpha value is -0.160. The van der Waals surface area contributed by atoms with Gasteiger partial charge < -0.3 is 20.1 Å². The maximum atomic E-state index is 8.46. The van der Waals surface area contributed by atoms with Crippen LogP contribution in [0.15, 0.2) is 0 Å². The zero-order chi connectivity index (χ0) is 10.6. The van der Waals surface area contributed by atoms with Crippen LogP contribution in [0.5, 0.6) is 0 Å². The summed E-state index contributed by atoms with van der Waals surface area (Å²) in [6.45, 7) is 11.2. The van der Waals surface area contributed by atoms with Gasteiger partial charge >= 0.3 is 0 Å². The van der Waals surface area contributed by atoms with Crippen LogP contribution in [0.4, 0.5) is 0 Å². The number of nitrogens with zero attached hydrogens (tertiary/aromatic N) is 1. The summed E-state index contributed by atoms with van der Waals surface area (Å²) in [4.78, 5) is 2.18. The van der Waals surface area contributed by atoms with Gasteiger partial charge in [-0.2, -0.15) is 0 Å². The van der Waals surface area contributed by atoms with Crippen molar-refractivity contribution >= 4 is 0 Å². The summed E-state index contributed by atoms with van der Waals surface area (Å²) >= 11 is 0. The molecule has 1 aliphatic rings. The number of ether oxygens (including phenoxy) is 1. The summed E-state index contributed by atoms with van der Waals surface area (Å²) in [5.41, 5.74) is 0. The number of rotatable bonds is 4. The minimum Gasteiger partial charge on any atom is -0.395 e. The van der Waals surface area contributed by atoms with Gasteiger partial charge in [-0.25, -0.2) is 0 Å². The third-order valence-electron chi connectivity index (χ3n) is 2.16. The van der Waals surface area contributed by atoms with Crippen molar-refractivity contribution in [2.24, 2.45) is 0 Å². The highest BCUT2D eigenvalue weighted by Gasteiger charge is 1.93. The Morgan fingerprint density at radius 2 is 1.79 bits per heavy atom. The monoisotopic (exact) mass is 204 g/mol. The smallest absolute Gasteiger partial charge is 0.0591 e. The number of aliphatic hydroxyl groups excluding tert-OH is 1. The lowest BCUT2D eigenvalue weighted by Crippen LogP contribution is -2.30. The van der Waals surface area contributed by atoms with E-state index < -0.39 is 0 Å². The molecule has 0 atom stereocenters. The molecule has 0 saturated carbocycles. The second kappa shape index (κ2) is 10.9. The van der Waals surface area contributed by atoms with E-state index in [1.165, 1.54) is 0 Å². The van der Waals surface area contributed by atoms with Crippen molar-refractivity contribution in [1.29, 1.82) is 0 Å². The maximum Gasteiger partial charge on any atom is 0.0591 e. The number of aliphatic hydroxyl groups is 1. The Labute approximate surface area is 87.2 Å². The number of morpholine rings is 1. The number of hydrogen-bond donors (Lipinski definition) is 2. The molecule has 0 aliphatic carbocycles. The molecule has 1 aliphatic heterocycles. The van der Waals surface area contributed by atoms with Crippen LogP contribution in [0.3, 0.4) is 0 Å². The van der Waals surface area contributed by atoms with Crippen molar-refractivity contribution in [3.8, 4) is 0 Å². The molecule has 2 N–H and O–H groups in total. The molecule has 4 nitrogen and oxygen atoms in total. The first-order valence-electron chi connectivity index (χ1n) is 5.46. The van der Waals surface area contributed by atoms with Gasteiger partial charge in [0.1, 0.15) is 0 Å². The molecule has 1 rings (SSSR count). The molecule has 1 saturated heterocycles. The third-order valence-corrected chi connectivity index (χ3v) is 2.16. The van der Waals surface area contributed by atoms with Crippen LogP contribution in [0.25, 0.3) is 0 Å². The van der Waals surface area contributed by atoms with E-state index in [-0.39, 0.29) is 6.61 Å². The van der Waals surface area contributed by atoms with Gasteiger partial charge in [0, 0.05) is 19.6 Å². The Balaban J connectivity index is 0.000000249. The molecular weight excluding hydrogens is 180 g/mol. The van der Waals surface area contributed by atoms with E-state index in [9.17, 15) is 0 Å². The number of nitrogens with one attached hydrogen (secondary N) is 1. The van der Waals surface area contributed by atoms with Gasteiger partial charge in [0.2, 0.25) is 0 Å². The average Bonchev–Trinajstić information content (AvgIpc) is 2.29. The molecule has 0 spiro atoms. The molecule has 0 aromatic carbocycles. The van der Waals surface area contributed by atoms with Crippen molar-refractivity contribution in [2.75, 3.05) is 52.5 Å². The van der Waals surface area contributed by atoms with Gasteiger partial charge in [-0.3, -0.25) is 0 Å². The predicted molar refractivity (Wildman–Crippen MR) is 58.6 cm³/mol. The highest BCUT2D eigenvalue weighted by molar-refractivity contribution is 4.49. The average molecular weight is 204 g/mol. The van der Waals surface area contributed by atoms with Crippen molar-refractivity contribution in [1.82, 2.24) is 10.2 Å². The summed E-state index contributed by atoms with van der Waals surface area (Å²) < 4.78 is 5.01. The third kappa shape index (κ3) is 8.44. The standard InChI is InChI=1S/C6H15NO.C4H9NO/c1-3-7(4-2)5-6-8;1-3-6-4-2-5-1/h8H,3-6H2,1-2H3;5H,1-4H2. The zero-order valence-electron chi connectivity index (χ0n) is 9.46. The molecule has 0 aromatic rings. The Kier molecular flexibility index (Phi) is 10.8. The molecule has 0 amide bonds. The number of hydrogen-bond acceptors (Lipinski definition) is 4. The quantitative estimate of drug-likeness (QED) is 0.673. The van der Waals surface area contributed by atoms with Gasteiger partial charge in [-0.1, -0.05) is 13.8 Å². The molecule has 86 valence electrons. The molecule has 4 heteroatoms. The van der Waals surface area contributed by atoms with Crippen molar-refractivity contribution < 1.29 is 9.84 Å². The summed E-state index contributed by atoms with van der Waals surface area (Å²) in [6, 6.07) is 0. The molecule has 0 radical (unpaired) electrons. The summed E-state index contributed by atoms with van der Waals surface area (Å²) in [5.74, 6) is 0. The SMILES string of the molecule is C1COCCN1.CCN(CC)CCO. The Morgan fingerprint density at radius 3 is 1.93 bits per heavy atom. The summed E-state index contributed by atoms with van der Waals surface area (Å²) in [6.07, 6.45) is 0. The minimum atomic E-state index is 0.279. The van der Waals surface area contributed by atoms with Crippen LogP contribution in [0.2, 0.25) is 0 Å². The molecule has 0 aromatic heterocycles. The lowest BCUT2D eigenvalue weighted by Gasteiger charge is -2.15. The van der Waals surface area contributed by atoms with E-state index in [0.717, 1.165) is 45.9 Å². The first-order chi connectivity index (χ1) is 6.85. The summed E-state index contributed by atoms with van der Waals surface area (Å²) in [5, 5.41) is 11.6. The van der Waals surface area contributed by atoms with Crippen molar-refractivity contribution in [3.63, 3.8) is 0 Å². The highest BCUT2D eigenvalue weighted by atomic mass is 16.5. The fourth-order valence-corrected chi connectivity index (χ4v) is 1.20. The minimum absolute atomic E-state index is 0.279. The van der Waals surface area contributed by atoms with Gasteiger partial charge in [0.25, 0.3) is 0 Å². The molecular formula is C10H24N2O2. The van der Waals surface area contributed by atoms with Gasteiger partial charge in [-0.05, 0) is 13.1 Å². The van der Waals surface area contributed by atoms with Gasteiger partial charge in [0.05, 0.1) is 19.8 Å².